The molecule has 8 heteroatoms. The van der Waals surface area contributed by atoms with E-state index >= 15 is 0 Å². The van der Waals surface area contributed by atoms with Gasteiger partial charge in [0, 0.05) is 16.8 Å². The molecular formula is C13H12Cl2F2N2OS. The number of ether oxygens (including phenoxy) is 1. The lowest BCUT2D eigenvalue weighted by molar-refractivity contribution is -0.0497. The molecule has 0 aliphatic heterocycles. The molecule has 1 aromatic carbocycles. The first kappa shape index (κ1) is 16.3. The molecule has 114 valence electrons. The summed E-state index contributed by atoms with van der Waals surface area (Å²) < 4.78 is 28.7. The quantitative estimate of drug-likeness (QED) is 0.773. The maximum absolute atomic E-state index is 12.2. The number of aromatic nitrogens is 1. The number of nitrogens with zero attached hydrogens (tertiary/aromatic N) is 1. The summed E-state index contributed by atoms with van der Waals surface area (Å²) in [6, 6.07) is 2.99. The van der Waals surface area contributed by atoms with Crippen LogP contribution in [0.1, 0.15) is 16.8 Å². The SMILES string of the molecule is CCc1ncc(CNc2cc(Cl)c(OC(F)F)c(Cl)c2)s1. The minimum absolute atomic E-state index is 0.0313. The molecule has 0 unspecified atom stereocenters. The number of hydrogen-bond donors (Lipinski definition) is 1. The van der Waals surface area contributed by atoms with Crippen LogP contribution in [0.25, 0.3) is 0 Å². The summed E-state index contributed by atoms with van der Waals surface area (Å²) in [6.07, 6.45) is 2.69. The Morgan fingerprint density at radius 2 is 2.00 bits per heavy atom. The van der Waals surface area contributed by atoms with Gasteiger partial charge >= 0.3 is 6.61 Å². The molecule has 0 saturated heterocycles. The molecule has 0 spiro atoms. The van der Waals surface area contributed by atoms with Crippen molar-refractivity contribution in [3.8, 4) is 5.75 Å². The lowest BCUT2D eigenvalue weighted by atomic mass is 10.3. The van der Waals surface area contributed by atoms with E-state index in [0.29, 0.717) is 12.2 Å². The Hall–Kier alpha value is -1.11. The van der Waals surface area contributed by atoms with Crippen LogP contribution < -0.4 is 10.1 Å². The van der Waals surface area contributed by atoms with Crippen molar-refractivity contribution in [1.29, 1.82) is 0 Å². The van der Waals surface area contributed by atoms with Crippen molar-refractivity contribution in [2.45, 2.75) is 26.5 Å². The lowest BCUT2D eigenvalue weighted by Gasteiger charge is -2.11. The van der Waals surface area contributed by atoms with Crippen LogP contribution in [0.2, 0.25) is 10.0 Å². The number of thiazole rings is 1. The van der Waals surface area contributed by atoms with Gasteiger partial charge in [-0.15, -0.1) is 11.3 Å². The van der Waals surface area contributed by atoms with Crippen LogP contribution in [0, 0.1) is 0 Å². The topological polar surface area (TPSA) is 34.2 Å². The van der Waals surface area contributed by atoms with Gasteiger partial charge in [-0.05, 0) is 18.6 Å². The number of hydrogen-bond acceptors (Lipinski definition) is 4. The standard InChI is InChI=1S/C13H12Cl2F2N2OS/c1-2-11-19-6-8(21-11)5-18-7-3-9(14)12(10(15)4-7)20-13(16)17/h3-4,6,13,18H,2,5H2,1H3. The van der Waals surface area contributed by atoms with Crippen molar-refractivity contribution < 1.29 is 13.5 Å². The van der Waals surface area contributed by atoms with E-state index in [0.717, 1.165) is 16.3 Å². The fourth-order valence-corrected chi connectivity index (χ4v) is 3.02. The number of rotatable bonds is 6. The van der Waals surface area contributed by atoms with Crippen LogP contribution in [0.3, 0.4) is 0 Å². The molecule has 1 heterocycles. The summed E-state index contributed by atoms with van der Waals surface area (Å²) in [4.78, 5) is 5.31. The summed E-state index contributed by atoms with van der Waals surface area (Å²) in [5.74, 6) is -0.218. The van der Waals surface area contributed by atoms with Crippen molar-refractivity contribution in [3.63, 3.8) is 0 Å². The Morgan fingerprint density at radius 3 is 2.52 bits per heavy atom. The molecule has 1 aromatic heterocycles. The molecule has 1 N–H and O–H groups in total. The highest BCUT2D eigenvalue weighted by molar-refractivity contribution is 7.11. The van der Waals surface area contributed by atoms with Gasteiger partial charge < -0.3 is 10.1 Å². The third-order valence-corrected chi connectivity index (χ3v) is 4.28. The summed E-state index contributed by atoms with van der Waals surface area (Å²) in [6.45, 7) is -0.375. The van der Waals surface area contributed by atoms with E-state index in [4.69, 9.17) is 23.2 Å². The van der Waals surface area contributed by atoms with E-state index in [9.17, 15) is 8.78 Å². The van der Waals surface area contributed by atoms with E-state index in [1.165, 1.54) is 12.1 Å². The van der Waals surface area contributed by atoms with E-state index in [1.807, 2.05) is 6.92 Å². The maximum Gasteiger partial charge on any atom is 0.387 e. The molecule has 0 aliphatic rings. The molecule has 0 bridgehead atoms. The van der Waals surface area contributed by atoms with Gasteiger partial charge in [-0.25, -0.2) is 4.98 Å². The third kappa shape index (κ3) is 4.43. The minimum Gasteiger partial charge on any atom is -0.432 e. The Kier molecular flexibility index (Phi) is 5.61. The zero-order valence-corrected chi connectivity index (χ0v) is 13.3. The molecule has 3 nitrogen and oxygen atoms in total. The Labute approximate surface area is 134 Å². The number of benzene rings is 1. The monoisotopic (exact) mass is 352 g/mol. The van der Waals surface area contributed by atoms with Crippen LogP contribution in [0.5, 0.6) is 5.75 Å². The van der Waals surface area contributed by atoms with Crippen LogP contribution in [0.4, 0.5) is 14.5 Å². The third-order valence-electron chi connectivity index (χ3n) is 2.58. The lowest BCUT2D eigenvalue weighted by Crippen LogP contribution is -2.04. The van der Waals surface area contributed by atoms with Gasteiger partial charge in [0.2, 0.25) is 0 Å². The first-order valence-electron chi connectivity index (χ1n) is 6.11. The molecule has 0 radical (unpaired) electrons. The van der Waals surface area contributed by atoms with E-state index < -0.39 is 6.61 Å². The Balaban J connectivity index is 2.07. The smallest absolute Gasteiger partial charge is 0.387 e. The normalized spacial score (nSPS) is 11.0. The largest absolute Gasteiger partial charge is 0.432 e. The van der Waals surface area contributed by atoms with E-state index in [-0.39, 0.29) is 15.8 Å². The number of nitrogens with one attached hydrogen (secondary N) is 1. The number of aryl methyl sites for hydroxylation is 1. The van der Waals surface area contributed by atoms with Crippen LogP contribution >= 0.6 is 34.5 Å². The zero-order valence-electron chi connectivity index (χ0n) is 11.0. The average Bonchev–Trinajstić information content (AvgIpc) is 2.88. The first-order chi connectivity index (χ1) is 9.99. The van der Waals surface area contributed by atoms with Gasteiger partial charge in [0.15, 0.2) is 5.75 Å². The highest BCUT2D eigenvalue weighted by Crippen LogP contribution is 2.37. The van der Waals surface area contributed by atoms with Crippen molar-refractivity contribution in [3.05, 3.63) is 38.3 Å². The highest BCUT2D eigenvalue weighted by atomic mass is 35.5. The van der Waals surface area contributed by atoms with Gasteiger partial charge in [0.25, 0.3) is 0 Å². The first-order valence-corrected chi connectivity index (χ1v) is 7.68. The molecule has 0 atom stereocenters. The molecule has 0 fully saturated rings. The van der Waals surface area contributed by atoms with Gasteiger partial charge in [-0.1, -0.05) is 30.1 Å². The fraction of sp³-hybridized carbons (Fsp3) is 0.308. The molecular weight excluding hydrogens is 341 g/mol. The van der Waals surface area contributed by atoms with Gasteiger partial charge in [-0.2, -0.15) is 8.78 Å². The Bertz CT molecular complexity index is 599. The molecule has 21 heavy (non-hydrogen) atoms. The predicted octanol–water partition coefficient (Wildman–Crippen LogP) is 5.23. The molecule has 0 aliphatic carbocycles. The van der Waals surface area contributed by atoms with Crippen molar-refractivity contribution in [1.82, 2.24) is 4.98 Å². The zero-order chi connectivity index (χ0) is 15.4. The summed E-state index contributed by atoms with van der Waals surface area (Å²) in [5.41, 5.74) is 0.623. The van der Waals surface area contributed by atoms with Gasteiger partial charge in [0.05, 0.1) is 21.6 Å². The Morgan fingerprint density at radius 1 is 1.33 bits per heavy atom. The van der Waals surface area contributed by atoms with Crippen molar-refractivity contribution >= 4 is 40.2 Å². The molecule has 2 rings (SSSR count). The summed E-state index contributed by atoms with van der Waals surface area (Å²) >= 11 is 13.4. The molecule has 2 aromatic rings. The number of halogens is 4. The van der Waals surface area contributed by atoms with Gasteiger partial charge in [0.1, 0.15) is 0 Å². The summed E-state index contributed by atoms with van der Waals surface area (Å²) in [5, 5.41) is 4.24. The second kappa shape index (κ2) is 7.24. The number of alkyl halides is 2. The molecule has 0 saturated carbocycles. The van der Waals surface area contributed by atoms with Crippen LogP contribution in [-0.2, 0) is 13.0 Å². The fourth-order valence-electron chi connectivity index (χ4n) is 1.65. The van der Waals surface area contributed by atoms with E-state index in [1.54, 1.807) is 17.5 Å². The van der Waals surface area contributed by atoms with Crippen molar-refractivity contribution in [2.24, 2.45) is 0 Å². The highest BCUT2D eigenvalue weighted by Gasteiger charge is 2.14. The maximum atomic E-state index is 12.2. The van der Waals surface area contributed by atoms with Crippen LogP contribution in [0.15, 0.2) is 18.3 Å². The second-order valence-corrected chi connectivity index (χ2v) is 6.09. The molecule has 0 amide bonds. The minimum atomic E-state index is -2.97. The second-order valence-electron chi connectivity index (χ2n) is 4.07. The van der Waals surface area contributed by atoms with Crippen molar-refractivity contribution in [2.75, 3.05) is 5.32 Å². The number of anilines is 1. The predicted molar refractivity (Wildman–Crippen MR) is 81.9 cm³/mol. The van der Waals surface area contributed by atoms with Gasteiger partial charge in [-0.3, -0.25) is 0 Å². The summed E-state index contributed by atoms with van der Waals surface area (Å²) in [7, 11) is 0. The van der Waals surface area contributed by atoms with E-state index in [2.05, 4.69) is 15.0 Å². The average molecular weight is 353 g/mol. The van der Waals surface area contributed by atoms with Crippen LogP contribution in [-0.4, -0.2) is 11.6 Å².